The van der Waals surface area contributed by atoms with Gasteiger partial charge in [-0.15, -0.1) is 0 Å². The molecule has 5 heteroatoms. The summed E-state index contributed by atoms with van der Waals surface area (Å²) in [5.74, 6) is 0.902. The molecule has 0 aliphatic rings. The highest BCUT2D eigenvalue weighted by molar-refractivity contribution is 5.99. The van der Waals surface area contributed by atoms with Gasteiger partial charge in [0.1, 0.15) is 5.82 Å². The number of carbonyl (C=O) groups excluding carboxylic acids is 1. The van der Waals surface area contributed by atoms with Crippen molar-refractivity contribution in [2.75, 3.05) is 18.9 Å². The van der Waals surface area contributed by atoms with Crippen molar-refractivity contribution in [3.8, 4) is 0 Å². The quantitative estimate of drug-likeness (QED) is 0.705. The minimum Gasteiger partial charge on any atom is -0.387 e. The van der Waals surface area contributed by atoms with Gasteiger partial charge in [-0.25, -0.2) is 4.98 Å². The van der Waals surface area contributed by atoms with E-state index < -0.39 is 0 Å². The minimum absolute atomic E-state index is 0.0474. The topological polar surface area (TPSA) is 69.8 Å². The van der Waals surface area contributed by atoms with Crippen molar-refractivity contribution in [2.24, 2.45) is 0 Å². The van der Waals surface area contributed by atoms with Gasteiger partial charge in [0, 0.05) is 38.1 Å². The minimum atomic E-state index is -0.0474. The molecule has 1 amide bonds. The second-order valence-electron chi connectivity index (χ2n) is 4.69. The van der Waals surface area contributed by atoms with E-state index in [0.29, 0.717) is 12.1 Å². The van der Waals surface area contributed by atoms with Crippen LogP contribution < -0.4 is 10.6 Å². The van der Waals surface area contributed by atoms with Crippen LogP contribution in [0, 0.1) is 6.92 Å². The van der Waals surface area contributed by atoms with Gasteiger partial charge in [0.25, 0.3) is 5.91 Å². The predicted molar refractivity (Wildman–Crippen MR) is 80.0 cm³/mol. The molecule has 2 aromatic rings. The number of nitrogens with one attached hydrogen (secondary N) is 3. The molecule has 0 atom stereocenters. The molecule has 0 fully saturated rings. The fourth-order valence-corrected chi connectivity index (χ4v) is 2.05. The van der Waals surface area contributed by atoms with E-state index in [1.807, 2.05) is 32.2 Å². The predicted octanol–water partition coefficient (Wildman–Crippen LogP) is 2.12. The zero-order valence-corrected chi connectivity index (χ0v) is 11.9. The van der Waals surface area contributed by atoms with Crippen LogP contribution in [0.15, 0.2) is 30.6 Å². The second-order valence-corrected chi connectivity index (χ2v) is 4.69. The maximum atomic E-state index is 12.1. The Morgan fingerprint density at radius 3 is 2.95 bits per heavy atom. The van der Waals surface area contributed by atoms with E-state index in [1.165, 1.54) is 0 Å². The first-order valence-electron chi connectivity index (χ1n) is 6.75. The normalized spacial score (nSPS) is 10.3. The molecule has 1 aromatic heterocycles. The largest absolute Gasteiger partial charge is 0.387 e. The summed E-state index contributed by atoms with van der Waals surface area (Å²) in [7, 11) is 1.82. The average Bonchev–Trinajstić information content (AvgIpc) is 2.96. The summed E-state index contributed by atoms with van der Waals surface area (Å²) >= 11 is 0. The van der Waals surface area contributed by atoms with Gasteiger partial charge in [0.15, 0.2) is 0 Å². The Balaban J connectivity index is 1.85. The third kappa shape index (κ3) is 3.60. The lowest BCUT2D eigenvalue weighted by Gasteiger charge is -2.10. The molecule has 0 aliphatic carbocycles. The van der Waals surface area contributed by atoms with Crippen LogP contribution in [0.25, 0.3) is 0 Å². The highest BCUT2D eigenvalue weighted by Gasteiger charge is 2.10. The van der Waals surface area contributed by atoms with E-state index in [0.717, 1.165) is 29.9 Å². The van der Waals surface area contributed by atoms with E-state index in [9.17, 15) is 4.79 Å². The molecule has 3 N–H and O–H groups in total. The van der Waals surface area contributed by atoms with Crippen molar-refractivity contribution in [3.63, 3.8) is 0 Å². The number of hydrogen-bond donors (Lipinski definition) is 3. The summed E-state index contributed by atoms with van der Waals surface area (Å²) in [5.41, 5.74) is 2.66. The molecule has 0 radical (unpaired) electrons. The number of aromatic nitrogens is 2. The Kier molecular flexibility index (Phi) is 4.76. The molecular formula is C15H20N4O. The van der Waals surface area contributed by atoms with Gasteiger partial charge in [-0.3, -0.25) is 4.79 Å². The average molecular weight is 272 g/mol. The number of H-pyrrole nitrogens is 1. The van der Waals surface area contributed by atoms with E-state index in [2.05, 4.69) is 20.6 Å². The Labute approximate surface area is 118 Å². The smallest absolute Gasteiger partial charge is 0.253 e. The zero-order valence-electron chi connectivity index (χ0n) is 11.9. The van der Waals surface area contributed by atoms with Gasteiger partial charge in [-0.2, -0.15) is 0 Å². The molecule has 1 heterocycles. The number of aryl methyl sites for hydroxylation is 2. The second kappa shape index (κ2) is 6.75. The number of benzene rings is 1. The first kappa shape index (κ1) is 14.1. The molecule has 1 aromatic carbocycles. The molecule has 106 valence electrons. The van der Waals surface area contributed by atoms with Gasteiger partial charge >= 0.3 is 0 Å². The lowest BCUT2D eigenvalue weighted by atomic mass is 10.1. The number of anilines is 1. The lowest BCUT2D eigenvalue weighted by molar-refractivity contribution is 0.0954. The molecular weight excluding hydrogens is 252 g/mol. The third-order valence-corrected chi connectivity index (χ3v) is 3.12. The monoisotopic (exact) mass is 272 g/mol. The Morgan fingerprint density at radius 2 is 2.25 bits per heavy atom. The van der Waals surface area contributed by atoms with Crippen LogP contribution in [0.1, 0.15) is 28.2 Å². The van der Waals surface area contributed by atoms with Gasteiger partial charge in [0.05, 0.1) is 5.56 Å². The van der Waals surface area contributed by atoms with E-state index in [1.54, 1.807) is 12.4 Å². The molecule has 0 saturated heterocycles. The molecule has 0 bridgehead atoms. The zero-order chi connectivity index (χ0) is 14.4. The summed E-state index contributed by atoms with van der Waals surface area (Å²) in [6.07, 6.45) is 5.24. The fraction of sp³-hybridized carbons (Fsp3) is 0.333. The molecule has 5 nitrogen and oxygen atoms in total. The summed E-state index contributed by atoms with van der Waals surface area (Å²) < 4.78 is 0. The molecule has 0 spiro atoms. The summed E-state index contributed by atoms with van der Waals surface area (Å²) in [6.45, 7) is 2.64. The third-order valence-electron chi connectivity index (χ3n) is 3.12. The number of amides is 1. The highest BCUT2D eigenvalue weighted by atomic mass is 16.1. The van der Waals surface area contributed by atoms with Crippen LogP contribution in [-0.2, 0) is 6.42 Å². The van der Waals surface area contributed by atoms with Gasteiger partial charge in [-0.05, 0) is 31.0 Å². The SMILES string of the molecule is CNc1cc(C)ccc1C(=O)NCCCc1ncc[nH]1. The maximum Gasteiger partial charge on any atom is 0.253 e. The fourth-order valence-electron chi connectivity index (χ4n) is 2.05. The highest BCUT2D eigenvalue weighted by Crippen LogP contribution is 2.16. The van der Waals surface area contributed by atoms with Crippen LogP contribution >= 0.6 is 0 Å². The van der Waals surface area contributed by atoms with Crippen molar-refractivity contribution in [2.45, 2.75) is 19.8 Å². The van der Waals surface area contributed by atoms with Gasteiger partial charge in [0.2, 0.25) is 0 Å². The van der Waals surface area contributed by atoms with E-state index in [-0.39, 0.29) is 5.91 Å². The van der Waals surface area contributed by atoms with Crippen molar-refractivity contribution in [1.29, 1.82) is 0 Å². The first-order valence-corrected chi connectivity index (χ1v) is 6.75. The van der Waals surface area contributed by atoms with Crippen molar-refractivity contribution >= 4 is 11.6 Å². The number of nitrogens with zero attached hydrogens (tertiary/aromatic N) is 1. The summed E-state index contributed by atoms with van der Waals surface area (Å²) in [4.78, 5) is 19.3. The van der Waals surface area contributed by atoms with Crippen LogP contribution in [0.4, 0.5) is 5.69 Å². The Hall–Kier alpha value is -2.30. The number of rotatable bonds is 6. The Bertz CT molecular complexity index is 563. The number of aromatic amines is 1. The van der Waals surface area contributed by atoms with Gasteiger partial charge < -0.3 is 15.6 Å². The summed E-state index contributed by atoms with van der Waals surface area (Å²) in [5, 5.41) is 5.99. The van der Waals surface area contributed by atoms with Crippen LogP contribution in [-0.4, -0.2) is 29.5 Å². The molecule has 20 heavy (non-hydrogen) atoms. The lowest BCUT2D eigenvalue weighted by Crippen LogP contribution is -2.25. The van der Waals surface area contributed by atoms with E-state index >= 15 is 0 Å². The molecule has 0 aliphatic heterocycles. The molecule has 2 rings (SSSR count). The molecule has 0 saturated carbocycles. The van der Waals surface area contributed by atoms with Crippen molar-refractivity contribution < 1.29 is 4.79 Å². The number of carbonyl (C=O) groups is 1. The van der Waals surface area contributed by atoms with E-state index in [4.69, 9.17) is 0 Å². The maximum absolute atomic E-state index is 12.1. The van der Waals surface area contributed by atoms with Crippen molar-refractivity contribution in [1.82, 2.24) is 15.3 Å². The standard InChI is InChI=1S/C15H20N4O/c1-11-5-6-12(13(10-11)16-2)15(20)19-7-3-4-14-17-8-9-18-14/h5-6,8-10,16H,3-4,7H2,1-2H3,(H,17,18)(H,19,20). The Morgan fingerprint density at radius 1 is 1.40 bits per heavy atom. The number of imidazole rings is 1. The van der Waals surface area contributed by atoms with Crippen LogP contribution in [0.2, 0.25) is 0 Å². The van der Waals surface area contributed by atoms with Crippen LogP contribution in [0.5, 0.6) is 0 Å². The van der Waals surface area contributed by atoms with Gasteiger partial charge in [-0.1, -0.05) is 6.07 Å². The summed E-state index contributed by atoms with van der Waals surface area (Å²) in [6, 6.07) is 5.76. The first-order chi connectivity index (χ1) is 9.70. The molecule has 0 unspecified atom stereocenters. The number of hydrogen-bond acceptors (Lipinski definition) is 3. The van der Waals surface area contributed by atoms with Crippen LogP contribution in [0.3, 0.4) is 0 Å². The van der Waals surface area contributed by atoms with Crippen molar-refractivity contribution in [3.05, 3.63) is 47.5 Å².